The van der Waals surface area contributed by atoms with Crippen LogP contribution in [-0.2, 0) is 11.3 Å². The van der Waals surface area contributed by atoms with E-state index in [0.29, 0.717) is 23.4 Å². The summed E-state index contributed by atoms with van der Waals surface area (Å²) in [6.45, 7) is 4.50. The molecule has 4 rings (SSSR count). The van der Waals surface area contributed by atoms with Crippen molar-refractivity contribution in [2.24, 2.45) is 0 Å². The molecule has 0 saturated carbocycles. The summed E-state index contributed by atoms with van der Waals surface area (Å²) in [5.41, 5.74) is 3.49. The van der Waals surface area contributed by atoms with Crippen LogP contribution in [0.2, 0.25) is 0 Å². The highest BCUT2D eigenvalue weighted by Gasteiger charge is 2.29. The standard InChI is InChI=1S/C25H20BrFN2O2/c1-2-24-21-13-19(30)11-12-20(21)22(25(31)28-18-9-7-17(27)8-10-18)15-29(24)14-16-5-3-4-6-23(16)26/h2-13,15,24,30H,1,14H2,(H,28,31). The maximum absolute atomic E-state index is 13.2. The van der Waals surface area contributed by atoms with Crippen molar-refractivity contribution in [2.75, 3.05) is 5.32 Å². The number of phenolic OH excluding ortho intramolecular Hbond substituents is 1. The lowest BCUT2D eigenvalue weighted by Crippen LogP contribution is -2.29. The Labute approximate surface area is 188 Å². The number of phenols is 1. The fourth-order valence-electron chi connectivity index (χ4n) is 3.68. The summed E-state index contributed by atoms with van der Waals surface area (Å²) in [6.07, 6.45) is 3.60. The highest BCUT2D eigenvalue weighted by atomic mass is 79.9. The first-order valence-corrected chi connectivity index (χ1v) is 10.5. The van der Waals surface area contributed by atoms with E-state index in [1.807, 2.05) is 35.4 Å². The lowest BCUT2D eigenvalue weighted by molar-refractivity contribution is -0.111. The molecule has 1 amide bonds. The Morgan fingerprint density at radius 3 is 2.61 bits per heavy atom. The molecule has 4 nitrogen and oxygen atoms in total. The van der Waals surface area contributed by atoms with E-state index in [2.05, 4.69) is 27.8 Å². The van der Waals surface area contributed by atoms with E-state index in [1.54, 1.807) is 24.3 Å². The summed E-state index contributed by atoms with van der Waals surface area (Å²) in [7, 11) is 0. The molecule has 3 aromatic rings. The predicted molar refractivity (Wildman–Crippen MR) is 124 cm³/mol. The molecule has 0 fully saturated rings. The maximum atomic E-state index is 13.2. The number of halogens is 2. The van der Waals surface area contributed by atoms with Gasteiger partial charge in [-0.2, -0.15) is 0 Å². The smallest absolute Gasteiger partial charge is 0.257 e. The van der Waals surface area contributed by atoms with Gasteiger partial charge in [0.2, 0.25) is 0 Å². The van der Waals surface area contributed by atoms with Crippen LogP contribution >= 0.6 is 15.9 Å². The average Bonchev–Trinajstić information content (AvgIpc) is 2.76. The van der Waals surface area contributed by atoms with Gasteiger partial charge in [0, 0.05) is 22.9 Å². The lowest BCUT2D eigenvalue weighted by atomic mass is 9.89. The molecule has 0 aliphatic carbocycles. The van der Waals surface area contributed by atoms with Crippen LogP contribution in [0.3, 0.4) is 0 Å². The first-order chi connectivity index (χ1) is 15.0. The molecule has 2 N–H and O–H groups in total. The quantitative estimate of drug-likeness (QED) is 0.441. The molecule has 0 radical (unpaired) electrons. The fourth-order valence-corrected chi connectivity index (χ4v) is 4.09. The van der Waals surface area contributed by atoms with Crippen molar-refractivity contribution in [3.8, 4) is 5.75 Å². The van der Waals surface area contributed by atoms with E-state index in [0.717, 1.165) is 15.6 Å². The van der Waals surface area contributed by atoms with E-state index in [4.69, 9.17) is 0 Å². The molecule has 0 saturated heterocycles. The van der Waals surface area contributed by atoms with Crippen LogP contribution < -0.4 is 5.32 Å². The van der Waals surface area contributed by atoms with Gasteiger partial charge in [-0.3, -0.25) is 4.79 Å². The number of hydrogen-bond acceptors (Lipinski definition) is 3. The molecule has 0 aromatic heterocycles. The zero-order valence-electron chi connectivity index (χ0n) is 16.6. The number of nitrogens with one attached hydrogen (secondary N) is 1. The van der Waals surface area contributed by atoms with E-state index in [-0.39, 0.29) is 23.5 Å². The SMILES string of the molecule is C=CC1c2cc(O)ccc2C(C(=O)Nc2ccc(F)cc2)=CN1Cc1ccccc1Br. The number of nitrogens with zero attached hydrogens (tertiary/aromatic N) is 1. The minimum atomic E-state index is -0.371. The van der Waals surface area contributed by atoms with Crippen molar-refractivity contribution < 1.29 is 14.3 Å². The largest absolute Gasteiger partial charge is 0.508 e. The van der Waals surface area contributed by atoms with E-state index < -0.39 is 0 Å². The number of anilines is 1. The number of benzene rings is 3. The predicted octanol–water partition coefficient (Wildman–Crippen LogP) is 6.02. The van der Waals surface area contributed by atoms with Crippen molar-refractivity contribution in [1.29, 1.82) is 0 Å². The molecule has 0 spiro atoms. The van der Waals surface area contributed by atoms with Crippen LogP contribution in [0.1, 0.15) is 22.7 Å². The molecule has 156 valence electrons. The Balaban J connectivity index is 1.74. The van der Waals surface area contributed by atoms with E-state index in [1.165, 1.54) is 24.3 Å². The third-order valence-electron chi connectivity index (χ3n) is 5.18. The van der Waals surface area contributed by atoms with Crippen LogP contribution in [-0.4, -0.2) is 15.9 Å². The fraction of sp³-hybridized carbons (Fsp3) is 0.0800. The minimum Gasteiger partial charge on any atom is -0.508 e. The van der Waals surface area contributed by atoms with Crippen molar-refractivity contribution in [3.63, 3.8) is 0 Å². The number of amides is 1. The van der Waals surface area contributed by atoms with Crippen molar-refractivity contribution >= 4 is 33.1 Å². The molecule has 1 aliphatic rings. The van der Waals surface area contributed by atoms with Crippen LogP contribution in [0, 0.1) is 5.82 Å². The molecule has 1 unspecified atom stereocenters. The Hall–Kier alpha value is -3.38. The highest BCUT2D eigenvalue weighted by Crippen LogP contribution is 2.39. The van der Waals surface area contributed by atoms with Gasteiger partial charge in [-0.15, -0.1) is 6.58 Å². The molecular formula is C25H20BrFN2O2. The number of rotatable bonds is 5. The topological polar surface area (TPSA) is 52.6 Å². The first-order valence-electron chi connectivity index (χ1n) is 9.70. The monoisotopic (exact) mass is 478 g/mol. The number of carbonyl (C=O) groups is 1. The third kappa shape index (κ3) is 4.39. The molecular weight excluding hydrogens is 459 g/mol. The van der Waals surface area contributed by atoms with Gasteiger partial charge >= 0.3 is 0 Å². The third-order valence-corrected chi connectivity index (χ3v) is 5.95. The van der Waals surface area contributed by atoms with Crippen LogP contribution in [0.15, 0.2) is 90.1 Å². The van der Waals surface area contributed by atoms with Gasteiger partial charge in [0.25, 0.3) is 5.91 Å². The summed E-state index contributed by atoms with van der Waals surface area (Å²) in [6, 6.07) is 18.2. The Morgan fingerprint density at radius 2 is 1.90 bits per heavy atom. The van der Waals surface area contributed by atoms with Crippen molar-refractivity contribution in [2.45, 2.75) is 12.6 Å². The van der Waals surface area contributed by atoms with Crippen LogP contribution in [0.25, 0.3) is 5.57 Å². The summed E-state index contributed by atoms with van der Waals surface area (Å²) < 4.78 is 14.2. The number of fused-ring (bicyclic) bond motifs is 1. The van der Waals surface area contributed by atoms with Crippen LogP contribution in [0.5, 0.6) is 5.75 Å². The second kappa shape index (κ2) is 8.78. The van der Waals surface area contributed by atoms with Gasteiger partial charge in [0.05, 0.1) is 11.6 Å². The minimum absolute atomic E-state index is 0.117. The second-order valence-corrected chi connectivity index (χ2v) is 8.07. The molecule has 0 bridgehead atoms. The van der Waals surface area contributed by atoms with Gasteiger partial charge in [-0.05, 0) is 59.2 Å². The number of aromatic hydroxyl groups is 1. The first kappa shape index (κ1) is 20.9. The summed E-state index contributed by atoms with van der Waals surface area (Å²) in [4.78, 5) is 15.2. The molecule has 1 heterocycles. The number of carbonyl (C=O) groups excluding carboxylic acids is 1. The Morgan fingerprint density at radius 1 is 1.16 bits per heavy atom. The van der Waals surface area contributed by atoms with Gasteiger partial charge in [-0.25, -0.2) is 4.39 Å². The van der Waals surface area contributed by atoms with Gasteiger partial charge in [0.15, 0.2) is 0 Å². The van der Waals surface area contributed by atoms with Gasteiger partial charge in [-0.1, -0.05) is 46.3 Å². The number of hydrogen-bond donors (Lipinski definition) is 2. The van der Waals surface area contributed by atoms with Crippen molar-refractivity contribution in [1.82, 2.24) is 4.90 Å². The molecule has 31 heavy (non-hydrogen) atoms. The lowest BCUT2D eigenvalue weighted by Gasteiger charge is -2.35. The summed E-state index contributed by atoms with van der Waals surface area (Å²) >= 11 is 3.58. The van der Waals surface area contributed by atoms with Gasteiger partial charge in [0.1, 0.15) is 11.6 Å². The van der Waals surface area contributed by atoms with Gasteiger partial charge < -0.3 is 15.3 Å². The zero-order chi connectivity index (χ0) is 22.0. The molecule has 3 aromatic carbocycles. The second-order valence-electron chi connectivity index (χ2n) is 7.22. The highest BCUT2D eigenvalue weighted by molar-refractivity contribution is 9.10. The zero-order valence-corrected chi connectivity index (χ0v) is 18.1. The summed E-state index contributed by atoms with van der Waals surface area (Å²) in [5, 5.41) is 12.9. The molecule has 6 heteroatoms. The molecule has 1 aliphatic heterocycles. The Kier molecular flexibility index (Phi) is 5.91. The summed E-state index contributed by atoms with van der Waals surface area (Å²) in [5.74, 6) is -0.575. The Bertz CT molecular complexity index is 1170. The van der Waals surface area contributed by atoms with Crippen molar-refractivity contribution in [3.05, 3.63) is 113 Å². The molecule has 1 atom stereocenters. The van der Waals surface area contributed by atoms with E-state index >= 15 is 0 Å². The van der Waals surface area contributed by atoms with Crippen LogP contribution in [0.4, 0.5) is 10.1 Å². The maximum Gasteiger partial charge on any atom is 0.257 e. The van der Waals surface area contributed by atoms with E-state index in [9.17, 15) is 14.3 Å². The average molecular weight is 479 g/mol. The normalized spacial score (nSPS) is 15.1.